The average molecular weight is 281 g/mol. The van der Waals surface area contributed by atoms with Gasteiger partial charge >= 0.3 is 0 Å². The maximum atomic E-state index is 12.0. The lowest BCUT2D eigenvalue weighted by molar-refractivity contribution is -0.123. The van der Waals surface area contributed by atoms with Crippen molar-refractivity contribution in [2.75, 3.05) is 32.7 Å². The monoisotopic (exact) mass is 281 g/mol. The summed E-state index contributed by atoms with van der Waals surface area (Å²) in [6.07, 6.45) is 0.925. The molecule has 2 N–H and O–H groups in total. The Morgan fingerprint density at radius 2 is 2.42 bits per heavy atom. The van der Waals surface area contributed by atoms with E-state index in [0.717, 1.165) is 32.6 Å². The van der Waals surface area contributed by atoms with Crippen LogP contribution in [0.3, 0.4) is 0 Å². The molecule has 0 unspecified atom stereocenters. The van der Waals surface area contributed by atoms with Crippen LogP contribution >= 0.6 is 11.3 Å². The first-order valence-electron chi connectivity index (χ1n) is 6.83. The zero-order valence-electron chi connectivity index (χ0n) is 11.7. The molecule has 0 spiro atoms. The smallest absolute Gasteiger partial charge is 0.234 e. The highest BCUT2D eigenvalue weighted by Gasteiger charge is 2.30. The molecule has 4 nitrogen and oxygen atoms in total. The number of carbonyl (C=O) groups excluding carboxylic acids is 1. The van der Waals surface area contributed by atoms with Crippen molar-refractivity contribution in [1.29, 1.82) is 0 Å². The van der Waals surface area contributed by atoms with Crippen molar-refractivity contribution >= 4 is 17.2 Å². The van der Waals surface area contributed by atoms with Gasteiger partial charge in [-0.05, 0) is 31.7 Å². The van der Waals surface area contributed by atoms with Gasteiger partial charge in [0.05, 0.1) is 6.54 Å². The van der Waals surface area contributed by atoms with Crippen LogP contribution in [0.5, 0.6) is 0 Å². The van der Waals surface area contributed by atoms with Gasteiger partial charge in [-0.3, -0.25) is 9.69 Å². The first-order valence-corrected chi connectivity index (χ1v) is 7.71. The van der Waals surface area contributed by atoms with Crippen molar-refractivity contribution in [3.8, 4) is 0 Å². The molecule has 1 aromatic rings. The molecule has 0 aliphatic carbocycles. The SMILES string of the molecule is CC1(C)CNCCN1CC(=O)NCCc1cccs1. The fourth-order valence-corrected chi connectivity index (χ4v) is 3.03. The fourth-order valence-electron chi connectivity index (χ4n) is 2.33. The number of rotatable bonds is 5. The Morgan fingerprint density at radius 1 is 1.58 bits per heavy atom. The second-order valence-corrected chi connectivity index (χ2v) is 6.62. The van der Waals surface area contributed by atoms with Gasteiger partial charge in [0.15, 0.2) is 0 Å². The molecule has 1 aliphatic rings. The lowest BCUT2D eigenvalue weighted by Crippen LogP contribution is -2.59. The first kappa shape index (κ1) is 14.5. The van der Waals surface area contributed by atoms with Crippen molar-refractivity contribution in [2.24, 2.45) is 0 Å². The van der Waals surface area contributed by atoms with Gasteiger partial charge in [0, 0.05) is 36.6 Å². The zero-order valence-corrected chi connectivity index (χ0v) is 12.6. The Labute approximate surface area is 119 Å². The number of hydrogen-bond donors (Lipinski definition) is 2. The van der Waals surface area contributed by atoms with E-state index in [-0.39, 0.29) is 11.4 Å². The molecule has 1 fully saturated rings. The highest BCUT2D eigenvalue weighted by Crippen LogP contribution is 2.15. The minimum Gasteiger partial charge on any atom is -0.355 e. The topological polar surface area (TPSA) is 44.4 Å². The standard InChI is InChI=1S/C14H23N3OS/c1-14(2)11-15-7-8-17(14)10-13(18)16-6-5-12-4-3-9-19-12/h3-4,9,15H,5-8,10-11H2,1-2H3,(H,16,18). The third-order valence-electron chi connectivity index (χ3n) is 3.58. The van der Waals surface area contributed by atoms with Crippen molar-refractivity contribution in [1.82, 2.24) is 15.5 Å². The lowest BCUT2D eigenvalue weighted by Gasteiger charge is -2.42. The first-order chi connectivity index (χ1) is 9.08. The van der Waals surface area contributed by atoms with E-state index in [1.807, 2.05) is 6.07 Å². The van der Waals surface area contributed by atoms with Gasteiger partial charge in [0.25, 0.3) is 0 Å². The van der Waals surface area contributed by atoms with Crippen LogP contribution in [-0.2, 0) is 11.2 Å². The van der Waals surface area contributed by atoms with Gasteiger partial charge in [0.2, 0.25) is 5.91 Å². The number of hydrogen-bond acceptors (Lipinski definition) is 4. The minimum atomic E-state index is 0.0589. The van der Waals surface area contributed by atoms with Gasteiger partial charge in [-0.1, -0.05) is 6.07 Å². The maximum absolute atomic E-state index is 12.0. The summed E-state index contributed by atoms with van der Waals surface area (Å²) in [5.74, 6) is 0.131. The molecule has 0 aromatic carbocycles. The van der Waals surface area contributed by atoms with Crippen molar-refractivity contribution < 1.29 is 4.79 Å². The number of thiophene rings is 1. The van der Waals surface area contributed by atoms with Gasteiger partial charge in [-0.25, -0.2) is 0 Å². The van der Waals surface area contributed by atoms with Crippen LogP contribution in [0.15, 0.2) is 17.5 Å². The molecule has 2 heterocycles. The van der Waals surface area contributed by atoms with Crippen molar-refractivity contribution in [3.63, 3.8) is 0 Å². The summed E-state index contributed by atoms with van der Waals surface area (Å²) in [5, 5.41) is 8.45. The second-order valence-electron chi connectivity index (χ2n) is 5.59. The summed E-state index contributed by atoms with van der Waals surface area (Å²) in [6, 6.07) is 4.15. The van der Waals surface area contributed by atoms with Crippen LogP contribution in [-0.4, -0.2) is 49.1 Å². The molecule has 1 saturated heterocycles. The van der Waals surface area contributed by atoms with E-state index in [2.05, 4.69) is 40.8 Å². The van der Waals surface area contributed by atoms with E-state index >= 15 is 0 Å². The zero-order chi connectivity index (χ0) is 13.7. The van der Waals surface area contributed by atoms with Crippen LogP contribution in [0, 0.1) is 0 Å². The Morgan fingerprint density at radius 3 is 3.11 bits per heavy atom. The van der Waals surface area contributed by atoms with E-state index in [0.29, 0.717) is 6.54 Å². The van der Waals surface area contributed by atoms with E-state index < -0.39 is 0 Å². The highest BCUT2D eigenvalue weighted by atomic mass is 32.1. The fraction of sp³-hybridized carbons (Fsp3) is 0.643. The number of nitrogens with one attached hydrogen (secondary N) is 2. The molecule has 5 heteroatoms. The maximum Gasteiger partial charge on any atom is 0.234 e. The van der Waals surface area contributed by atoms with Gasteiger partial charge in [-0.2, -0.15) is 0 Å². The molecule has 0 atom stereocenters. The third kappa shape index (κ3) is 4.30. The molecule has 1 amide bonds. The van der Waals surface area contributed by atoms with E-state index in [4.69, 9.17) is 0 Å². The molecule has 0 saturated carbocycles. The summed E-state index contributed by atoms with van der Waals surface area (Å²) in [5.41, 5.74) is 0.0589. The molecule has 0 radical (unpaired) electrons. The Hall–Kier alpha value is -0.910. The van der Waals surface area contributed by atoms with E-state index in [1.54, 1.807) is 11.3 Å². The van der Waals surface area contributed by atoms with Crippen molar-refractivity contribution in [3.05, 3.63) is 22.4 Å². The summed E-state index contributed by atoms with van der Waals surface area (Å²) in [6.45, 7) is 8.42. The van der Waals surface area contributed by atoms with Gasteiger partial charge in [-0.15, -0.1) is 11.3 Å². The largest absolute Gasteiger partial charge is 0.355 e. The summed E-state index contributed by atoms with van der Waals surface area (Å²) in [4.78, 5) is 15.5. The lowest BCUT2D eigenvalue weighted by atomic mass is 10.0. The summed E-state index contributed by atoms with van der Waals surface area (Å²) >= 11 is 1.74. The Bertz CT molecular complexity index is 403. The normalized spacial score (nSPS) is 19.3. The van der Waals surface area contributed by atoms with Gasteiger partial charge < -0.3 is 10.6 Å². The van der Waals surface area contributed by atoms with Crippen LogP contribution in [0.2, 0.25) is 0 Å². The van der Waals surface area contributed by atoms with Crippen LogP contribution in [0.4, 0.5) is 0 Å². The number of carbonyl (C=O) groups is 1. The minimum absolute atomic E-state index is 0.0589. The van der Waals surface area contributed by atoms with Crippen LogP contribution < -0.4 is 10.6 Å². The predicted molar refractivity (Wildman–Crippen MR) is 79.6 cm³/mol. The van der Waals surface area contributed by atoms with Crippen LogP contribution in [0.1, 0.15) is 18.7 Å². The number of nitrogens with zero attached hydrogens (tertiary/aromatic N) is 1. The molecule has 0 bridgehead atoms. The number of amides is 1. The Kier molecular flexibility index (Phi) is 4.96. The van der Waals surface area contributed by atoms with E-state index in [9.17, 15) is 4.79 Å². The molecular formula is C14H23N3OS. The third-order valence-corrected chi connectivity index (χ3v) is 4.52. The molecular weight excluding hydrogens is 258 g/mol. The molecule has 1 aromatic heterocycles. The molecule has 19 heavy (non-hydrogen) atoms. The van der Waals surface area contributed by atoms with Crippen molar-refractivity contribution in [2.45, 2.75) is 25.8 Å². The molecule has 1 aliphatic heterocycles. The molecule has 2 rings (SSSR count). The highest BCUT2D eigenvalue weighted by molar-refractivity contribution is 7.09. The Balaban J connectivity index is 1.71. The summed E-state index contributed by atoms with van der Waals surface area (Å²) in [7, 11) is 0. The number of piperazine rings is 1. The molecule has 106 valence electrons. The van der Waals surface area contributed by atoms with Gasteiger partial charge in [0.1, 0.15) is 0 Å². The predicted octanol–water partition coefficient (Wildman–Crippen LogP) is 1.09. The summed E-state index contributed by atoms with van der Waals surface area (Å²) < 4.78 is 0. The average Bonchev–Trinajstić information content (AvgIpc) is 2.85. The van der Waals surface area contributed by atoms with Crippen LogP contribution in [0.25, 0.3) is 0 Å². The quantitative estimate of drug-likeness (QED) is 0.849. The van der Waals surface area contributed by atoms with E-state index in [1.165, 1.54) is 4.88 Å². The second kappa shape index (κ2) is 6.50.